The first-order valence-corrected chi connectivity index (χ1v) is 9.87. The van der Waals surface area contributed by atoms with E-state index in [1.54, 1.807) is 11.8 Å². The zero-order chi connectivity index (χ0) is 21.0. The molecule has 0 atom stereocenters. The monoisotopic (exact) mass is 412 g/mol. The second-order valence-corrected chi connectivity index (χ2v) is 8.17. The summed E-state index contributed by atoms with van der Waals surface area (Å²) in [5.74, 6) is 0.746. The fraction of sp³-hybridized carbons (Fsp3) is 0.450. The summed E-state index contributed by atoms with van der Waals surface area (Å²) >= 11 is 0. The van der Waals surface area contributed by atoms with Gasteiger partial charge in [-0.05, 0) is 33.1 Å². The van der Waals surface area contributed by atoms with Crippen molar-refractivity contribution in [3.05, 3.63) is 45.1 Å². The fourth-order valence-corrected chi connectivity index (χ4v) is 3.88. The number of aromatic amines is 1. The second-order valence-electron chi connectivity index (χ2n) is 8.17. The molecule has 0 radical (unpaired) electrons. The number of rotatable bonds is 4. The lowest BCUT2D eigenvalue weighted by Crippen LogP contribution is -2.39. The lowest BCUT2D eigenvalue weighted by Gasteiger charge is -2.28. The maximum absolute atomic E-state index is 13.5. The zero-order valence-corrected chi connectivity index (χ0v) is 16.7. The first kappa shape index (κ1) is 18.7. The van der Waals surface area contributed by atoms with E-state index in [2.05, 4.69) is 32.2 Å². The number of H-pyrrole nitrogens is 1. The Bertz CT molecular complexity index is 1230. The maximum Gasteiger partial charge on any atom is 0.258 e. The van der Waals surface area contributed by atoms with Gasteiger partial charge in [0.2, 0.25) is 5.71 Å². The molecule has 10 heteroatoms. The quantitative estimate of drug-likeness (QED) is 0.675. The van der Waals surface area contributed by atoms with E-state index >= 15 is 0 Å². The zero-order valence-electron chi connectivity index (χ0n) is 16.7. The van der Waals surface area contributed by atoms with Crippen molar-refractivity contribution in [3.8, 4) is 0 Å². The number of fused-ring (bicyclic) bond motifs is 2. The Hall–Kier alpha value is -3.30. The summed E-state index contributed by atoms with van der Waals surface area (Å²) in [4.78, 5) is 42.4. The van der Waals surface area contributed by atoms with Crippen molar-refractivity contribution in [2.24, 2.45) is 0 Å². The van der Waals surface area contributed by atoms with Crippen LogP contribution in [0.5, 0.6) is 0 Å². The van der Waals surface area contributed by atoms with Crippen LogP contribution < -0.4 is 10.9 Å². The topological polar surface area (TPSA) is 117 Å². The molecule has 3 aromatic heterocycles. The third-order valence-electron chi connectivity index (χ3n) is 5.83. The molecule has 2 N–H and O–H groups in total. The number of alkyl halides is 1. The highest BCUT2D eigenvalue weighted by Gasteiger charge is 2.39. The highest BCUT2D eigenvalue weighted by atomic mass is 19.1. The average Bonchev–Trinajstić information content (AvgIpc) is 3.35. The van der Waals surface area contributed by atoms with Gasteiger partial charge < -0.3 is 19.6 Å². The minimum atomic E-state index is -0.868. The molecule has 3 aromatic rings. The van der Waals surface area contributed by atoms with E-state index < -0.39 is 6.67 Å². The Balaban J connectivity index is 1.53. The average molecular weight is 412 g/mol. The van der Waals surface area contributed by atoms with Gasteiger partial charge in [-0.1, -0.05) is 0 Å². The van der Waals surface area contributed by atoms with Crippen LogP contribution in [0.4, 0.5) is 10.2 Å². The summed E-state index contributed by atoms with van der Waals surface area (Å²) in [6.45, 7) is 3.44. The van der Waals surface area contributed by atoms with Gasteiger partial charge in [0, 0.05) is 17.6 Å². The summed E-state index contributed by atoms with van der Waals surface area (Å²) in [5.41, 5.74) is 1.29. The fourth-order valence-electron chi connectivity index (χ4n) is 3.88. The van der Waals surface area contributed by atoms with Gasteiger partial charge in [-0.2, -0.15) is 0 Å². The summed E-state index contributed by atoms with van der Waals surface area (Å²) < 4.78 is 18.8. The van der Waals surface area contributed by atoms with Crippen molar-refractivity contribution in [3.63, 3.8) is 0 Å². The second kappa shape index (κ2) is 6.61. The van der Waals surface area contributed by atoms with Crippen LogP contribution in [0.15, 0.2) is 15.5 Å². The predicted octanol–water partition coefficient (Wildman–Crippen LogP) is 2.25. The number of hydrogen-bond acceptors (Lipinski definition) is 7. The van der Waals surface area contributed by atoms with E-state index in [9.17, 15) is 14.0 Å². The molecular weight excluding hydrogens is 391 g/mol. The normalized spacial score (nSPS) is 17.1. The number of amides is 1. The van der Waals surface area contributed by atoms with E-state index in [4.69, 9.17) is 4.42 Å². The molecule has 9 nitrogen and oxygen atoms in total. The van der Waals surface area contributed by atoms with Crippen LogP contribution in [-0.4, -0.2) is 42.8 Å². The Kier molecular flexibility index (Phi) is 4.12. The molecule has 30 heavy (non-hydrogen) atoms. The first-order chi connectivity index (χ1) is 14.4. The molecule has 1 saturated carbocycles. The van der Waals surface area contributed by atoms with E-state index in [0.717, 1.165) is 12.8 Å². The third-order valence-corrected chi connectivity index (χ3v) is 5.83. The molecule has 1 fully saturated rings. The summed E-state index contributed by atoms with van der Waals surface area (Å²) in [7, 11) is 0. The highest BCUT2D eigenvalue weighted by molar-refractivity contribution is 6.10. The number of halogens is 1. The van der Waals surface area contributed by atoms with Gasteiger partial charge in [0.25, 0.3) is 11.5 Å². The van der Waals surface area contributed by atoms with Gasteiger partial charge in [0.1, 0.15) is 30.4 Å². The molecule has 156 valence electrons. The smallest absolute Gasteiger partial charge is 0.258 e. The Labute approximate surface area is 170 Å². The van der Waals surface area contributed by atoms with Crippen molar-refractivity contribution >= 4 is 22.8 Å². The highest BCUT2D eigenvalue weighted by Crippen LogP contribution is 2.40. The van der Waals surface area contributed by atoms with Gasteiger partial charge in [-0.3, -0.25) is 9.59 Å². The van der Waals surface area contributed by atoms with Crippen LogP contribution in [0.2, 0.25) is 0 Å². The SMILES string of the molecule is Cc1oc2ncnc(NC3(C)CC3)c2c1C(=O)N1CCc2c(nc(CF)[nH]c2=O)C1. The number of aryl methyl sites for hydroxylation is 1. The number of anilines is 1. The van der Waals surface area contributed by atoms with Gasteiger partial charge in [-0.15, -0.1) is 0 Å². The maximum atomic E-state index is 13.5. The predicted molar refractivity (Wildman–Crippen MR) is 106 cm³/mol. The molecule has 0 unspecified atom stereocenters. The van der Waals surface area contributed by atoms with E-state index in [1.165, 1.54) is 6.33 Å². The molecule has 0 aromatic carbocycles. The summed E-state index contributed by atoms with van der Waals surface area (Å²) in [6, 6.07) is 0. The standard InChI is InChI=1S/C20H21FN6O3/c1-10-14(15-16(26-20(2)4-5-20)22-9-23-18(15)30-10)19(29)27-6-3-11-12(8-27)24-13(7-21)25-17(11)28/h9H,3-8H2,1-2H3,(H,22,23,26)(H,24,25,28). The molecule has 2 aliphatic rings. The molecule has 5 rings (SSSR count). The first-order valence-electron chi connectivity index (χ1n) is 9.87. The lowest BCUT2D eigenvalue weighted by atomic mass is 10.0. The summed E-state index contributed by atoms with van der Waals surface area (Å²) in [6.07, 6.45) is 3.82. The summed E-state index contributed by atoms with van der Waals surface area (Å²) in [5, 5.41) is 3.96. The molecule has 1 amide bonds. The van der Waals surface area contributed by atoms with Crippen LogP contribution in [0, 0.1) is 6.92 Å². The number of carbonyl (C=O) groups is 1. The number of furan rings is 1. The van der Waals surface area contributed by atoms with Crippen molar-refractivity contribution in [1.82, 2.24) is 24.8 Å². The van der Waals surface area contributed by atoms with Crippen molar-refractivity contribution in [2.75, 3.05) is 11.9 Å². The molecular formula is C20H21FN6O3. The number of nitrogens with one attached hydrogen (secondary N) is 2. The van der Waals surface area contributed by atoms with Crippen LogP contribution >= 0.6 is 0 Å². The van der Waals surface area contributed by atoms with E-state index in [0.29, 0.717) is 52.5 Å². The number of nitrogens with zero attached hydrogens (tertiary/aromatic N) is 4. The molecule has 1 aliphatic heterocycles. The Morgan fingerprint density at radius 3 is 2.93 bits per heavy atom. The van der Waals surface area contributed by atoms with Crippen LogP contribution in [-0.2, 0) is 19.6 Å². The van der Waals surface area contributed by atoms with E-state index in [1.807, 2.05) is 0 Å². The molecule has 0 bridgehead atoms. The Morgan fingerprint density at radius 1 is 1.40 bits per heavy atom. The van der Waals surface area contributed by atoms with Crippen molar-refractivity contribution < 1.29 is 13.6 Å². The van der Waals surface area contributed by atoms with Crippen LogP contribution in [0.1, 0.15) is 53.0 Å². The van der Waals surface area contributed by atoms with Crippen LogP contribution in [0.3, 0.4) is 0 Å². The number of carbonyl (C=O) groups excluding carboxylic acids is 1. The van der Waals surface area contributed by atoms with Crippen molar-refractivity contribution in [1.29, 1.82) is 0 Å². The van der Waals surface area contributed by atoms with Gasteiger partial charge in [-0.25, -0.2) is 19.3 Å². The van der Waals surface area contributed by atoms with Gasteiger partial charge in [0.05, 0.1) is 23.2 Å². The molecule has 4 heterocycles. The number of hydrogen-bond donors (Lipinski definition) is 2. The van der Waals surface area contributed by atoms with Gasteiger partial charge >= 0.3 is 0 Å². The largest absolute Gasteiger partial charge is 0.442 e. The molecule has 0 saturated heterocycles. The minimum absolute atomic E-state index is 0.0319. The third kappa shape index (κ3) is 3.03. The number of aromatic nitrogens is 4. The minimum Gasteiger partial charge on any atom is -0.442 e. The van der Waals surface area contributed by atoms with E-state index in [-0.39, 0.29) is 29.4 Å². The molecule has 1 aliphatic carbocycles. The van der Waals surface area contributed by atoms with Crippen LogP contribution in [0.25, 0.3) is 11.1 Å². The Morgan fingerprint density at radius 2 is 2.20 bits per heavy atom. The molecule has 0 spiro atoms. The van der Waals surface area contributed by atoms with Crippen molar-refractivity contribution in [2.45, 2.75) is 51.9 Å². The van der Waals surface area contributed by atoms with Gasteiger partial charge in [0.15, 0.2) is 0 Å². The lowest BCUT2D eigenvalue weighted by molar-refractivity contribution is 0.0731.